The molecule has 0 aliphatic rings. The predicted octanol–water partition coefficient (Wildman–Crippen LogP) is 3.01. The summed E-state index contributed by atoms with van der Waals surface area (Å²) in [7, 11) is 1.70. The number of aliphatic hydroxyl groups excluding tert-OH is 1. The molecule has 2 unspecified atom stereocenters. The average Bonchev–Trinajstić information content (AvgIpc) is 2.29. The highest BCUT2D eigenvalue weighted by Gasteiger charge is 2.08. The molecule has 0 aromatic heterocycles. The van der Waals surface area contributed by atoms with E-state index in [4.69, 9.17) is 4.74 Å². The van der Waals surface area contributed by atoms with E-state index in [0.717, 1.165) is 19.3 Å². The number of halogens is 1. The van der Waals surface area contributed by atoms with Crippen LogP contribution in [0.4, 0.5) is 0 Å². The highest BCUT2D eigenvalue weighted by atomic mass is 127. The second kappa shape index (κ2) is 7.25. The van der Waals surface area contributed by atoms with Gasteiger partial charge in [-0.15, -0.1) is 0 Å². The van der Waals surface area contributed by atoms with Crippen molar-refractivity contribution in [1.82, 2.24) is 0 Å². The van der Waals surface area contributed by atoms with Crippen molar-refractivity contribution in [3.8, 4) is 0 Å². The molecular formula is C13H19IO2. The van der Waals surface area contributed by atoms with E-state index in [9.17, 15) is 5.11 Å². The zero-order valence-electron chi connectivity index (χ0n) is 9.82. The first-order valence-electron chi connectivity index (χ1n) is 5.57. The van der Waals surface area contributed by atoms with Crippen molar-refractivity contribution in [1.29, 1.82) is 0 Å². The monoisotopic (exact) mass is 334 g/mol. The second-order valence-corrected chi connectivity index (χ2v) is 5.35. The van der Waals surface area contributed by atoms with Gasteiger partial charge in [0.1, 0.15) is 0 Å². The number of aliphatic hydroxyl groups is 1. The Morgan fingerprint density at radius 2 is 1.88 bits per heavy atom. The maximum Gasteiger partial charge on any atom is 0.0581 e. The van der Waals surface area contributed by atoms with Crippen molar-refractivity contribution in [3.63, 3.8) is 0 Å². The number of hydrogen-bond donors (Lipinski definition) is 1. The number of methoxy groups -OCH3 is 1. The summed E-state index contributed by atoms with van der Waals surface area (Å²) in [6, 6.07) is 8.29. The summed E-state index contributed by atoms with van der Waals surface area (Å²) in [6.07, 6.45) is 2.39. The first kappa shape index (κ1) is 13.9. The van der Waals surface area contributed by atoms with Gasteiger partial charge in [-0.2, -0.15) is 0 Å². The molecular weight excluding hydrogens is 315 g/mol. The molecule has 0 saturated carbocycles. The molecule has 2 nitrogen and oxygen atoms in total. The highest BCUT2D eigenvalue weighted by molar-refractivity contribution is 14.1. The first-order chi connectivity index (χ1) is 7.61. The third-order valence-corrected chi connectivity index (χ3v) is 3.41. The van der Waals surface area contributed by atoms with Crippen LogP contribution in [0.5, 0.6) is 0 Å². The van der Waals surface area contributed by atoms with Gasteiger partial charge >= 0.3 is 0 Å². The van der Waals surface area contributed by atoms with Gasteiger partial charge in [-0.3, -0.25) is 0 Å². The van der Waals surface area contributed by atoms with Crippen LogP contribution in [0, 0.1) is 3.57 Å². The van der Waals surface area contributed by atoms with Crippen LogP contribution in [0.3, 0.4) is 0 Å². The van der Waals surface area contributed by atoms with E-state index >= 15 is 0 Å². The van der Waals surface area contributed by atoms with Gasteiger partial charge in [0.15, 0.2) is 0 Å². The van der Waals surface area contributed by atoms with Gasteiger partial charge in [0, 0.05) is 10.7 Å². The largest absolute Gasteiger partial charge is 0.393 e. The van der Waals surface area contributed by atoms with Gasteiger partial charge < -0.3 is 9.84 Å². The third-order valence-electron chi connectivity index (χ3n) is 2.69. The number of hydrogen-bond acceptors (Lipinski definition) is 2. The Bertz CT molecular complexity index is 297. The molecule has 0 amide bonds. The standard InChI is InChI=1S/C13H19IO2/c1-10(16-2)3-8-13(15)9-11-4-6-12(14)7-5-11/h4-7,10,13,15H,3,8-9H2,1-2H3. The molecule has 0 fully saturated rings. The lowest BCUT2D eigenvalue weighted by atomic mass is 10.0. The molecule has 0 aliphatic heterocycles. The van der Waals surface area contributed by atoms with E-state index in [1.54, 1.807) is 7.11 Å². The maximum absolute atomic E-state index is 9.86. The number of benzene rings is 1. The SMILES string of the molecule is COC(C)CCC(O)Cc1ccc(I)cc1. The minimum Gasteiger partial charge on any atom is -0.393 e. The van der Waals surface area contributed by atoms with Crippen LogP contribution in [0.15, 0.2) is 24.3 Å². The van der Waals surface area contributed by atoms with Gasteiger partial charge in [-0.05, 0) is 66.5 Å². The lowest BCUT2D eigenvalue weighted by Gasteiger charge is -2.13. The van der Waals surface area contributed by atoms with Crippen molar-refractivity contribution < 1.29 is 9.84 Å². The molecule has 0 aliphatic carbocycles. The van der Waals surface area contributed by atoms with Crippen LogP contribution in [0.25, 0.3) is 0 Å². The van der Waals surface area contributed by atoms with Crippen LogP contribution in [-0.2, 0) is 11.2 Å². The fourth-order valence-electron chi connectivity index (χ4n) is 1.54. The van der Waals surface area contributed by atoms with Gasteiger partial charge in [0.2, 0.25) is 0 Å². The van der Waals surface area contributed by atoms with Crippen LogP contribution in [-0.4, -0.2) is 24.4 Å². The van der Waals surface area contributed by atoms with E-state index in [1.807, 2.05) is 6.92 Å². The number of ether oxygens (including phenoxy) is 1. The summed E-state index contributed by atoms with van der Waals surface area (Å²) < 4.78 is 6.38. The average molecular weight is 334 g/mol. The van der Waals surface area contributed by atoms with Gasteiger partial charge in [0.05, 0.1) is 12.2 Å². The molecule has 16 heavy (non-hydrogen) atoms. The summed E-state index contributed by atoms with van der Waals surface area (Å²) in [5, 5.41) is 9.86. The van der Waals surface area contributed by atoms with Crippen LogP contribution < -0.4 is 0 Å². The Morgan fingerprint density at radius 3 is 2.44 bits per heavy atom. The minimum atomic E-state index is -0.266. The Hall–Kier alpha value is -0.130. The van der Waals surface area contributed by atoms with E-state index < -0.39 is 0 Å². The van der Waals surface area contributed by atoms with Crippen LogP contribution in [0.2, 0.25) is 0 Å². The van der Waals surface area contributed by atoms with Crippen molar-refractivity contribution in [3.05, 3.63) is 33.4 Å². The van der Waals surface area contributed by atoms with E-state index in [0.29, 0.717) is 0 Å². The molecule has 0 spiro atoms. The Morgan fingerprint density at radius 1 is 1.25 bits per heavy atom. The summed E-state index contributed by atoms with van der Waals surface area (Å²) in [4.78, 5) is 0. The second-order valence-electron chi connectivity index (χ2n) is 4.11. The molecule has 0 saturated heterocycles. The molecule has 2 atom stereocenters. The fourth-order valence-corrected chi connectivity index (χ4v) is 1.90. The Kier molecular flexibility index (Phi) is 6.31. The summed E-state index contributed by atoms with van der Waals surface area (Å²) >= 11 is 2.28. The molecule has 1 aromatic carbocycles. The first-order valence-corrected chi connectivity index (χ1v) is 6.65. The van der Waals surface area contributed by atoms with Crippen molar-refractivity contribution in [2.45, 2.75) is 38.4 Å². The third kappa shape index (κ3) is 5.27. The summed E-state index contributed by atoms with van der Waals surface area (Å²) in [6.45, 7) is 2.03. The molecule has 0 heterocycles. The van der Waals surface area contributed by atoms with Gasteiger partial charge in [-0.25, -0.2) is 0 Å². The maximum atomic E-state index is 9.86. The van der Waals surface area contributed by atoms with E-state index in [2.05, 4.69) is 46.9 Å². The minimum absolute atomic E-state index is 0.228. The summed E-state index contributed by atoms with van der Waals surface area (Å²) in [5.74, 6) is 0. The van der Waals surface area contributed by atoms with E-state index in [-0.39, 0.29) is 12.2 Å². The molecule has 3 heteroatoms. The zero-order valence-corrected chi connectivity index (χ0v) is 12.0. The van der Waals surface area contributed by atoms with Gasteiger partial charge in [-0.1, -0.05) is 12.1 Å². The predicted molar refractivity (Wildman–Crippen MR) is 74.6 cm³/mol. The highest BCUT2D eigenvalue weighted by Crippen LogP contribution is 2.12. The fraction of sp³-hybridized carbons (Fsp3) is 0.538. The molecule has 0 radical (unpaired) electrons. The molecule has 0 bridgehead atoms. The van der Waals surface area contributed by atoms with Gasteiger partial charge in [0.25, 0.3) is 0 Å². The van der Waals surface area contributed by atoms with Crippen LogP contribution in [0.1, 0.15) is 25.3 Å². The Balaban J connectivity index is 2.33. The quantitative estimate of drug-likeness (QED) is 0.811. The molecule has 1 aromatic rings. The topological polar surface area (TPSA) is 29.5 Å². The van der Waals surface area contributed by atoms with Crippen molar-refractivity contribution >= 4 is 22.6 Å². The molecule has 1 N–H and O–H groups in total. The lowest BCUT2D eigenvalue weighted by Crippen LogP contribution is -2.14. The molecule has 1 rings (SSSR count). The normalized spacial score (nSPS) is 14.8. The van der Waals surface area contributed by atoms with E-state index in [1.165, 1.54) is 9.13 Å². The zero-order chi connectivity index (χ0) is 12.0. The van der Waals surface area contributed by atoms with Crippen molar-refractivity contribution in [2.75, 3.05) is 7.11 Å². The van der Waals surface area contributed by atoms with Crippen molar-refractivity contribution in [2.24, 2.45) is 0 Å². The summed E-state index contributed by atoms with van der Waals surface area (Å²) in [5.41, 5.74) is 1.19. The van der Waals surface area contributed by atoms with Crippen LogP contribution >= 0.6 is 22.6 Å². The molecule has 90 valence electrons. The smallest absolute Gasteiger partial charge is 0.0581 e. The number of rotatable bonds is 6. The lowest BCUT2D eigenvalue weighted by molar-refractivity contribution is 0.0851. The Labute approximate surface area is 111 Å².